The molecule has 5 rings (SSSR count). The Balaban J connectivity index is 1.56. The summed E-state index contributed by atoms with van der Waals surface area (Å²) in [5.41, 5.74) is 0.938. The van der Waals surface area contributed by atoms with Crippen LogP contribution in [0.1, 0.15) is 31.9 Å². The molecular formula is C19H21NO4. The third-order valence-electron chi connectivity index (χ3n) is 6.47. The van der Waals surface area contributed by atoms with Crippen LogP contribution in [0, 0.1) is 11.8 Å². The van der Waals surface area contributed by atoms with Gasteiger partial charge in [0.2, 0.25) is 0 Å². The fraction of sp³-hybridized carbons (Fsp3) is 0.579. The van der Waals surface area contributed by atoms with Crippen molar-refractivity contribution in [3.05, 3.63) is 35.7 Å². The maximum absolute atomic E-state index is 12.3. The molecule has 0 radical (unpaired) electrons. The van der Waals surface area contributed by atoms with Gasteiger partial charge in [-0.15, -0.1) is 0 Å². The number of hydrogen-bond acceptors (Lipinski definition) is 5. The lowest BCUT2D eigenvalue weighted by Crippen LogP contribution is -2.49. The number of fused-ring (bicyclic) bond motifs is 1. The highest BCUT2D eigenvalue weighted by molar-refractivity contribution is 5.94. The van der Waals surface area contributed by atoms with Crippen LogP contribution in [0.25, 0.3) is 0 Å². The van der Waals surface area contributed by atoms with Crippen molar-refractivity contribution in [3.63, 3.8) is 0 Å². The second-order valence-electron chi connectivity index (χ2n) is 7.57. The van der Waals surface area contributed by atoms with Crippen LogP contribution in [0.3, 0.4) is 0 Å². The predicted molar refractivity (Wildman–Crippen MR) is 85.5 cm³/mol. The minimum atomic E-state index is -0.498. The zero-order chi connectivity index (χ0) is 16.5. The summed E-state index contributed by atoms with van der Waals surface area (Å²) in [7, 11) is 1.66. The van der Waals surface area contributed by atoms with E-state index in [1.165, 1.54) is 0 Å². The van der Waals surface area contributed by atoms with E-state index in [2.05, 4.69) is 18.0 Å². The average molecular weight is 327 g/mol. The molecule has 1 saturated carbocycles. The Morgan fingerprint density at radius 2 is 2.29 bits per heavy atom. The Kier molecular flexibility index (Phi) is 2.77. The quantitative estimate of drug-likeness (QED) is 0.798. The number of aromatic nitrogens is 1. The molecule has 5 nitrogen and oxygen atoms in total. The average Bonchev–Trinajstić information content (AvgIpc) is 3.12. The van der Waals surface area contributed by atoms with Crippen molar-refractivity contribution in [3.8, 4) is 5.75 Å². The molecule has 1 aliphatic carbocycles. The Hall–Kier alpha value is -1.88. The normalized spacial score (nSPS) is 41.8. The van der Waals surface area contributed by atoms with E-state index < -0.39 is 5.60 Å². The molecule has 0 N–H and O–H groups in total. The van der Waals surface area contributed by atoms with Gasteiger partial charge in [-0.2, -0.15) is 0 Å². The lowest BCUT2D eigenvalue weighted by Gasteiger charge is -2.41. The van der Waals surface area contributed by atoms with Crippen molar-refractivity contribution in [2.75, 3.05) is 7.11 Å². The summed E-state index contributed by atoms with van der Waals surface area (Å²) >= 11 is 0. The molecule has 3 aliphatic heterocycles. The first kappa shape index (κ1) is 14.5. The molecule has 1 aromatic rings. The van der Waals surface area contributed by atoms with Gasteiger partial charge in [-0.3, -0.25) is 4.98 Å². The molecule has 2 unspecified atom stereocenters. The fourth-order valence-electron chi connectivity index (χ4n) is 5.32. The number of pyridine rings is 1. The van der Waals surface area contributed by atoms with Gasteiger partial charge in [0.1, 0.15) is 17.5 Å². The molecule has 0 aromatic carbocycles. The Labute approximate surface area is 141 Å². The van der Waals surface area contributed by atoms with E-state index in [4.69, 9.17) is 14.2 Å². The van der Waals surface area contributed by atoms with Gasteiger partial charge in [0, 0.05) is 30.3 Å². The SMILES string of the molecule is COc1ccnc(CC23CC4CC[C@H]5OC(=O)C(=C[C@H]2C)[C@@]45O3)c1. The zero-order valence-corrected chi connectivity index (χ0v) is 14.0. The number of carbonyl (C=O) groups is 1. The molecule has 0 amide bonds. The second kappa shape index (κ2) is 4.60. The summed E-state index contributed by atoms with van der Waals surface area (Å²) < 4.78 is 17.7. The monoisotopic (exact) mass is 327 g/mol. The molecule has 2 saturated heterocycles. The van der Waals surface area contributed by atoms with Crippen molar-refractivity contribution < 1.29 is 19.0 Å². The zero-order valence-electron chi connectivity index (χ0n) is 14.0. The van der Waals surface area contributed by atoms with Crippen LogP contribution in [0.5, 0.6) is 5.75 Å². The number of esters is 1. The second-order valence-corrected chi connectivity index (χ2v) is 7.57. The number of carbonyl (C=O) groups excluding carboxylic acids is 1. The summed E-state index contributed by atoms with van der Waals surface area (Å²) in [4.78, 5) is 16.8. The highest BCUT2D eigenvalue weighted by Crippen LogP contribution is 2.64. The first-order valence-corrected chi connectivity index (χ1v) is 8.70. The van der Waals surface area contributed by atoms with Gasteiger partial charge in [-0.25, -0.2) is 4.79 Å². The van der Waals surface area contributed by atoms with Gasteiger partial charge in [0.25, 0.3) is 0 Å². The van der Waals surface area contributed by atoms with E-state index in [0.29, 0.717) is 5.92 Å². The van der Waals surface area contributed by atoms with Crippen molar-refractivity contribution >= 4 is 5.97 Å². The summed E-state index contributed by atoms with van der Waals surface area (Å²) in [6, 6.07) is 3.83. The van der Waals surface area contributed by atoms with Crippen LogP contribution in [0.2, 0.25) is 0 Å². The molecule has 4 heterocycles. The maximum atomic E-state index is 12.3. The van der Waals surface area contributed by atoms with Gasteiger partial charge in [-0.1, -0.05) is 13.0 Å². The van der Waals surface area contributed by atoms with Gasteiger partial charge in [-0.05, 0) is 31.2 Å². The first-order chi connectivity index (χ1) is 11.6. The summed E-state index contributed by atoms with van der Waals surface area (Å²) in [6.07, 6.45) is 7.45. The van der Waals surface area contributed by atoms with Crippen LogP contribution in [-0.4, -0.2) is 35.4 Å². The van der Waals surface area contributed by atoms with Gasteiger partial charge in [0.15, 0.2) is 0 Å². The van der Waals surface area contributed by atoms with E-state index in [1.54, 1.807) is 13.3 Å². The minimum Gasteiger partial charge on any atom is -0.497 e. The molecule has 24 heavy (non-hydrogen) atoms. The van der Waals surface area contributed by atoms with Crippen LogP contribution < -0.4 is 4.74 Å². The first-order valence-electron chi connectivity index (χ1n) is 8.70. The van der Waals surface area contributed by atoms with Crippen LogP contribution in [0.15, 0.2) is 30.0 Å². The minimum absolute atomic E-state index is 0.103. The van der Waals surface area contributed by atoms with E-state index in [1.807, 2.05) is 12.1 Å². The van der Waals surface area contributed by atoms with Crippen LogP contribution >= 0.6 is 0 Å². The number of ether oxygens (including phenoxy) is 3. The highest BCUT2D eigenvalue weighted by atomic mass is 16.6. The summed E-state index contributed by atoms with van der Waals surface area (Å²) in [5, 5.41) is 0. The third kappa shape index (κ3) is 1.63. The molecule has 1 aromatic heterocycles. The number of nitrogens with zero attached hydrogens (tertiary/aromatic N) is 1. The Morgan fingerprint density at radius 1 is 1.42 bits per heavy atom. The molecular weight excluding hydrogens is 306 g/mol. The molecule has 4 aliphatic rings. The van der Waals surface area contributed by atoms with Crippen molar-refractivity contribution in [1.29, 1.82) is 0 Å². The summed E-state index contributed by atoms with van der Waals surface area (Å²) in [6.45, 7) is 2.14. The van der Waals surface area contributed by atoms with Crippen molar-refractivity contribution in [2.45, 2.75) is 49.9 Å². The standard InChI is InChI=1S/C19H21NO4/c1-11-7-15-17(21)23-16-4-3-12-9-18(11,24-19(12,15)16)10-13-8-14(22-2)5-6-20-13/h5-8,11-12,16H,3-4,9-10H2,1-2H3/t11-,12?,16-,18?,19+/m1/s1. The predicted octanol–water partition coefficient (Wildman–Crippen LogP) is 2.44. The smallest absolute Gasteiger partial charge is 0.337 e. The summed E-state index contributed by atoms with van der Waals surface area (Å²) in [5.74, 6) is 1.16. The third-order valence-corrected chi connectivity index (χ3v) is 6.47. The van der Waals surface area contributed by atoms with E-state index >= 15 is 0 Å². The lowest BCUT2D eigenvalue weighted by molar-refractivity contribution is -0.149. The largest absolute Gasteiger partial charge is 0.497 e. The number of methoxy groups -OCH3 is 1. The molecule has 126 valence electrons. The number of rotatable bonds is 3. The molecule has 3 fully saturated rings. The van der Waals surface area contributed by atoms with Gasteiger partial charge in [0.05, 0.1) is 18.3 Å². The van der Waals surface area contributed by atoms with Gasteiger partial charge < -0.3 is 14.2 Å². The molecule has 1 spiro atoms. The topological polar surface area (TPSA) is 57.7 Å². The van der Waals surface area contributed by atoms with Crippen molar-refractivity contribution in [1.82, 2.24) is 4.98 Å². The van der Waals surface area contributed by atoms with Gasteiger partial charge >= 0.3 is 5.97 Å². The van der Waals surface area contributed by atoms with E-state index in [0.717, 1.165) is 42.7 Å². The Bertz CT molecular complexity index is 759. The molecule has 5 heteroatoms. The maximum Gasteiger partial charge on any atom is 0.337 e. The lowest BCUT2D eigenvalue weighted by atomic mass is 9.80. The molecule has 2 bridgehead atoms. The van der Waals surface area contributed by atoms with Crippen LogP contribution in [-0.2, 0) is 20.7 Å². The Morgan fingerprint density at radius 3 is 3.12 bits per heavy atom. The molecule has 5 atom stereocenters. The van der Waals surface area contributed by atoms with E-state index in [-0.39, 0.29) is 23.6 Å². The van der Waals surface area contributed by atoms with E-state index in [9.17, 15) is 4.79 Å². The van der Waals surface area contributed by atoms with Crippen LogP contribution in [0.4, 0.5) is 0 Å². The highest BCUT2D eigenvalue weighted by Gasteiger charge is 2.72. The fourth-order valence-corrected chi connectivity index (χ4v) is 5.32. The van der Waals surface area contributed by atoms with Crippen molar-refractivity contribution in [2.24, 2.45) is 11.8 Å². The number of hydrogen-bond donors (Lipinski definition) is 0.